The van der Waals surface area contributed by atoms with Crippen LogP contribution in [0.15, 0.2) is 140 Å². The maximum absolute atomic E-state index is 14.7. The largest absolute Gasteiger partial charge is 0.530 e. The highest BCUT2D eigenvalue weighted by Crippen LogP contribution is 2.51. The lowest BCUT2D eigenvalue weighted by atomic mass is 9.83. The van der Waals surface area contributed by atoms with E-state index in [1.807, 2.05) is 107 Å². The third kappa shape index (κ3) is 16.0. The number of fused-ring (bicyclic) bond motifs is 2. The van der Waals surface area contributed by atoms with Gasteiger partial charge in [-0.25, -0.2) is 0 Å². The van der Waals surface area contributed by atoms with Crippen LogP contribution in [0.3, 0.4) is 0 Å². The lowest BCUT2D eigenvalue weighted by Gasteiger charge is -2.28. The first-order chi connectivity index (χ1) is 32.7. The molecule has 374 valence electrons. The van der Waals surface area contributed by atoms with E-state index in [1.54, 1.807) is 36.4 Å². The number of benzene rings is 6. The molecule has 7 nitrogen and oxygen atoms in total. The second-order valence-electron chi connectivity index (χ2n) is 21.9. The molecule has 6 aromatic rings. The second kappa shape index (κ2) is 24.6. The Bertz CT molecular complexity index is 2580. The zero-order chi connectivity index (χ0) is 52.2. The summed E-state index contributed by atoms with van der Waals surface area (Å²) in [7, 11) is -3.75. The number of hydrogen-bond donors (Lipinski definition) is 0. The van der Waals surface area contributed by atoms with Gasteiger partial charge in [-0.3, -0.25) is 9.59 Å². The van der Waals surface area contributed by atoms with Crippen LogP contribution in [0.4, 0.5) is 0 Å². The number of carbonyl (C=O) groups is 2. The summed E-state index contributed by atoms with van der Waals surface area (Å²) in [6.07, 6.45) is 0. The van der Waals surface area contributed by atoms with Gasteiger partial charge in [-0.1, -0.05) is 227 Å². The van der Waals surface area contributed by atoms with Crippen LogP contribution in [0.2, 0.25) is 0 Å². The van der Waals surface area contributed by atoms with E-state index in [0.717, 1.165) is 16.7 Å². The van der Waals surface area contributed by atoms with Crippen LogP contribution in [0, 0.1) is 12.3 Å². The Balaban J connectivity index is 0.000000534. The summed E-state index contributed by atoms with van der Waals surface area (Å²) < 4.78 is 32.8. The zero-order valence-corrected chi connectivity index (χ0v) is 46.9. The summed E-state index contributed by atoms with van der Waals surface area (Å²) in [5.41, 5.74) is 5.39. The summed E-state index contributed by atoms with van der Waals surface area (Å²) in [5.74, 6) is 1.66. The SMILES string of the molecule is CC.CC(C)(C)C.CC(C)(C)c1ccccc1.Cc1ccccc1OP(Oc1cccc2c1C(=O)c1c(OP(Oc3ccccc3C(C)(C)C)Oc3ccccc3C(C)(C)C)cccc1C2=O)C(C)C. The van der Waals surface area contributed by atoms with E-state index in [2.05, 4.69) is 120 Å². The highest BCUT2D eigenvalue weighted by Gasteiger charge is 2.38. The van der Waals surface area contributed by atoms with E-state index < -0.39 is 22.8 Å². The van der Waals surface area contributed by atoms with Crippen LogP contribution in [0.25, 0.3) is 0 Å². The van der Waals surface area contributed by atoms with E-state index in [0.29, 0.717) is 28.1 Å². The molecule has 0 spiro atoms. The third-order valence-electron chi connectivity index (χ3n) is 10.4. The molecule has 0 saturated carbocycles. The van der Waals surface area contributed by atoms with Gasteiger partial charge in [0.15, 0.2) is 5.78 Å². The molecule has 0 aromatic heterocycles. The predicted octanol–water partition coefficient (Wildman–Crippen LogP) is 18.4. The van der Waals surface area contributed by atoms with Crippen LogP contribution in [-0.2, 0) is 16.2 Å². The van der Waals surface area contributed by atoms with E-state index in [1.165, 1.54) is 5.56 Å². The fraction of sp³-hybridized carbons (Fsp3) is 0.377. The van der Waals surface area contributed by atoms with Gasteiger partial charge in [-0.2, -0.15) is 0 Å². The molecular formula is C61H78O7P2. The highest BCUT2D eigenvalue weighted by molar-refractivity contribution is 7.48. The predicted molar refractivity (Wildman–Crippen MR) is 295 cm³/mol. The van der Waals surface area contributed by atoms with Gasteiger partial charge >= 0.3 is 8.60 Å². The first kappa shape index (κ1) is 57.1. The lowest BCUT2D eigenvalue weighted by molar-refractivity contribution is 0.0976. The molecule has 70 heavy (non-hydrogen) atoms. The van der Waals surface area contributed by atoms with Crippen LogP contribution in [-0.4, -0.2) is 17.2 Å². The number of carbonyl (C=O) groups excluding carboxylic acids is 2. The van der Waals surface area contributed by atoms with Crippen molar-refractivity contribution in [1.29, 1.82) is 0 Å². The van der Waals surface area contributed by atoms with Gasteiger partial charge in [0.25, 0.3) is 8.38 Å². The zero-order valence-electron chi connectivity index (χ0n) is 45.1. The van der Waals surface area contributed by atoms with Crippen LogP contribution in [0.1, 0.15) is 172 Å². The average molecular weight is 985 g/mol. The molecule has 9 heteroatoms. The third-order valence-corrected chi connectivity index (χ3v) is 13.1. The van der Waals surface area contributed by atoms with Gasteiger partial charge < -0.3 is 22.6 Å². The molecule has 1 atom stereocenters. The van der Waals surface area contributed by atoms with Gasteiger partial charge in [-0.05, 0) is 70.0 Å². The molecule has 0 heterocycles. The molecule has 0 fully saturated rings. The van der Waals surface area contributed by atoms with Crippen molar-refractivity contribution in [2.75, 3.05) is 0 Å². The number of hydrogen-bond acceptors (Lipinski definition) is 7. The van der Waals surface area contributed by atoms with E-state index >= 15 is 0 Å². The topological polar surface area (TPSA) is 80.3 Å². The molecule has 1 unspecified atom stereocenters. The molecule has 1 aliphatic carbocycles. The van der Waals surface area contributed by atoms with Crippen molar-refractivity contribution in [3.63, 3.8) is 0 Å². The maximum atomic E-state index is 14.7. The number of aryl methyl sites for hydroxylation is 1. The molecule has 0 saturated heterocycles. The molecule has 0 aliphatic heterocycles. The minimum absolute atomic E-state index is 0.0224. The van der Waals surface area contributed by atoms with Crippen LogP contribution in [0.5, 0.6) is 28.7 Å². The van der Waals surface area contributed by atoms with Crippen molar-refractivity contribution in [1.82, 2.24) is 0 Å². The fourth-order valence-corrected chi connectivity index (χ4v) is 9.25. The van der Waals surface area contributed by atoms with Gasteiger partial charge in [0, 0.05) is 27.9 Å². The molecule has 7 rings (SSSR count). The van der Waals surface area contributed by atoms with Gasteiger partial charge in [0.2, 0.25) is 5.78 Å². The Morgan fingerprint density at radius 1 is 0.400 bits per heavy atom. The highest BCUT2D eigenvalue weighted by atomic mass is 31.2. The Labute approximate surface area is 423 Å². The Morgan fingerprint density at radius 2 is 0.757 bits per heavy atom. The number of ketones is 2. The fourth-order valence-electron chi connectivity index (χ4n) is 6.98. The minimum Gasteiger partial charge on any atom is -0.438 e. The van der Waals surface area contributed by atoms with E-state index in [-0.39, 0.29) is 56.0 Å². The summed E-state index contributed by atoms with van der Waals surface area (Å²) in [6, 6.07) is 44.0. The Kier molecular flexibility index (Phi) is 20.0. The van der Waals surface area contributed by atoms with E-state index in [9.17, 15) is 9.59 Å². The van der Waals surface area contributed by atoms with Crippen molar-refractivity contribution in [2.45, 2.75) is 147 Å². The van der Waals surface area contributed by atoms with Crippen molar-refractivity contribution < 1.29 is 32.2 Å². The summed E-state index contributed by atoms with van der Waals surface area (Å²) in [4.78, 5) is 28.9. The molecule has 0 radical (unpaired) electrons. The van der Waals surface area contributed by atoms with Crippen molar-refractivity contribution in [2.24, 2.45) is 5.41 Å². The van der Waals surface area contributed by atoms with Crippen molar-refractivity contribution in [3.8, 4) is 28.7 Å². The Hall–Kier alpha value is -5.48. The monoisotopic (exact) mass is 985 g/mol. The number of para-hydroxylation sites is 3. The lowest BCUT2D eigenvalue weighted by Crippen LogP contribution is -2.23. The van der Waals surface area contributed by atoms with Crippen LogP contribution >= 0.6 is 17.0 Å². The smallest absolute Gasteiger partial charge is 0.438 e. The normalized spacial score (nSPS) is 12.7. The van der Waals surface area contributed by atoms with E-state index in [4.69, 9.17) is 22.6 Å². The van der Waals surface area contributed by atoms with Crippen LogP contribution < -0.4 is 22.6 Å². The molecule has 0 N–H and O–H groups in total. The molecule has 6 aromatic carbocycles. The second-order valence-corrected chi connectivity index (χ2v) is 24.9. The standard InChI is InChI=1S/C44H46O7P2.C10H14.C5H12.C2H6/c1-28(2)52(47-34-23-13-10-18-29(34)3)48-37-26-16-19-30-39(37)42(46)40-31(41(30)45)20-17-27-38(40)51-53(49-35-24-14-11-21-32(35)43(4,5)6)50-36-25-15-12-22-33(36)44(7,8)9;1-10(2,3)9-7-5-4-6-8-9;1-5(2,3)4;1-2/h10-28H,1-9H3;4-8H,1-3H3;1-4H3;1-2H3. The summed E-state index contributed by atoms with van der Waals surface area (Å²) in [5, 5.41) is 0. The number of rotatable bonds is 11. The molecular weight excluding hydrogens is 907 g/mol. The van der Waals surface area contributed by atoms with Gasteiger partial charge in [0.05, 0.1) is 11.1 Å². The van der Waals surface area contributed by atoms with Crippen molar-refractivity contribution in [3.05, 3.63) is 184 Å². The minimum atomic E-state index is -2.21. The summed E-state index contributed by atoms with van der Waals surface area (Å²) >= 11 is 0. The molecule has 1 aliphatic rings. The van der Waals surface area contributed by atoms with Gasteiger partial charge in [0.1, 0.15) is 28.7 Å². The Morgan fingerprint density at radius 3 is 1.16 bits per heavy atom. The average Bonchev–Trinajstić information content (AvgIpc) is 3.28. The quantitative estimate of drug-likeness (QED) is 0.119. The van der Waals surface area contributed by atoms with Crippen molar-refractivity contribution >= 4 is 28.5 Å². The van der Waals surface area contributed by atoms with Gasteiger partial charge in [-0.15, -0.1) is 0 Å². The first-order valence-electron chi connectivity index (χ1n) is 24.4. The maximum Gasteiger partial charge on any atom is 0.530 e. The summed E-state index contributed by atoms with van der Waals surface area (Å²) in [6.45, 7) is 38.1. The molecule has 0 bridgehead atoms. The molecule has 0 amide bonds. The first-order valence-corrected chi connectivity index (χ1v) is 26.7.